The van der Waals surface area contributed by atoms with E-state index in [0.717, 1.165) is 70.2 Å². The van der Waals surface area contributed by atoms with Gasteiger partial charge in [0.05, 0.1) is 6.54 Å². The number of rotatable bonds is 4. The van der Waals surface area contributed by atoms with Crippen LogP contribution in [0.1, 0.15) is 49.7 Å². The number of fused-ring (bicyclic) bond motifs is 1. The van der Waals surface area contributed by atoms with Crippen LogP contribution in [0.25, 0.3) is 0 Å². The van der Waals surface area contributed by atoms with Crippen LogP contribution < -0.4 is 4.74 Å². The molecule has 3 aliphatic heterocycles. The van der Waals surface area contributed by atoms with Crippen LogP contribution in [0.3, 0.4) is 0 Å². The minimum absolute atomic E-state index is 0.120. The fourth-order valence-corrected chi connectivity index (χ4v) is 5.33. The highest BCUT2D eigenvalue weighted by Crippen LogP contribution is 2.29. The number of hydrogen-bond donors (Lipinski definition) is 0. The van der Waals surface area contributed by atoms with E-state index < -0.39 is 0 Å². The van der Waals surface area contributed by atoms with Gasteiger partial charge in [-0.15, -0.1) is 0 Å². The average Bonchev–Trinajstić information content (AvgIpc) is 3.08. The quantitative estimate of drug-likeness (QED) is 0.782. The number of likely N-dealkylation sites (tertiary alicyclic amines) is 1. The summed E-state index contributed by atoms with van der Waals surface area (Å²) < 4.78 is 11.7. The average molecular weight is 399 g/mol. The van der Waals surface area contributed by atoms with Gasteiger partial charge < -0.3 is 14.4 Å². The second-order valence-corrected chi connectivity index (χ2v) is 9.25. The maximum atomic E-state index is 12.8. The molecule has 0 bridgehead atoms. The monoisotopic (exact) mass is 398 g/mol. The Kier molecular flexibility index (Phi) is 5.78. The van der Waals surface area contributed by atoms with Crippen LogP contribution in [-0.2, 0) is 22.4 Å². The molecule has 0 radical (unpaired) electrons. The summed E-state index contributed by atoms with van der Waals surface area (Å²) in [6.07, 6.45) is 9.24. The van der Waals surface area contributed by atoms with Crippen LogP contribution in [-0.4, -0.2) is 67.2 Å². The molecule has 0 spiro atoms. The molecule has 29 heavy (non-hydrogen) atoms. The maximum Gasteiger partial charge on any atom is 0.225 e. The van der Waals surface area contributed by atoms with E-state index in [0.29, 0.717) is 5.91 Å². The highest BCUT2D eigenvalue weighted by atomic mass is 16.5. The highest BCUT2D eigenvalue weighted by Gasteiger charge is 2.33. The van der Waals surface area contributed by atoms with Gasteiger partial charge >= 0.3 is 0 Å². The minimum atomic E-state index is 0.120. The lowest BCUT2D eigenvalue weighted by atomic mass is 9.91. The van der Waals surface area contributed by atoms with Crippen LogP contribution in [0, 0.1) is 5.92 Å². The number of carbonyl (C=O) groups is 1. The Morgan fingerprint density at radius 2 is 1.76 bits per heavy atom. The lowest BCUT2D eigenvalue weighted by Gasteiger charge is -2.36. The summed E-state index contributed by atoms with van der Waals surface area (Å²) in [7, 11) is 0. The highest BCUT2D eigenvalue weighted by molar-refractivity contribution is 5.79. The molecule has 2 saturated heterocycles. The zero-order chi connectivity index (χ0) is 19.6. The summed E-state index contributed by atoms with van der Waals surface area (Å²) >= 11 is 0. The lowest BCUT2D eigenvalue weighted by molar-refractivity contribution is -0.137. The summed E-state index contributed by atoms with van der Waals surface area (Å²) in [4.78, 5) is 17.5. The van der Waals surface area contributed by atoms with Crippen molar-refractivity contribution in [2.45, 2.75) is 63.5 Å². The van der Waals surface area contributed by atoms with Crippen molar-refractivity contribution in [3.05, 3.63) is 29.3 Å². The van der Waals surface area contributed by atoms with Gasteiger partial charge in [-0.1, -0.05) is 12.5 Å². The number of hydrogen-bond acceptors (Lipinski definition) is 4. The predicted octanol–water partition coefficient (Wildman–Crippen LogP) is 3.05. The van der Waals surface area contributed by atoms with E-state index in [9.17, 15) is 4.79 Å². The van der Waals surface area contributed by atoms with E-state index in [1.54, 1.807) is 0 Å². The van der Waals surface area contributed by atoms with E-state index in [2.05, 4.69) is 23.1 Å². The molecule has 158 valence electrons. The Labute approximate surface area is 174 Å². The topological polar surface area (TPSA) is 42.0 Å². The molecular weight excluding hydrogens is 364 g/mol. The van der Waals surface area contributed by atoms with Crippen LogP contribution in [0.4, 0.5) is 0 Å². The smallest absolute Gasteiger partial charge is 0.225 e. The molecule has 1 atom stereocenters. The predicted molar refractivity (Wildman–Crippen MR) is 112 cm³/mol. The maximum absolute atomic E-state index is 12.8. The molecule has 0 N–H and O–H groups in total. The van der Waals surface area contributed by atoms with Gasteiger partial charge in [-0.05, 0) is 61.8 Å². The van der Waals surface area contributed by atoms with Gasteiger partial charge in [-0.2, -0.15) is 0 Å². The molecule has 3 fully saturated rings. The molecule has 0 aromatic heterocycles. The van der Waals surface area contributed by atoms with Crippen molar-refractivity contribution in [1.82, 2.24) is 9.80 Å². The minimum Gasteiger partial charge on any atom is -0.489 e. The number of benzene rings is 1. The number of ether oxygens (including phenoxy) is 2. The fraction of sp³-hybridized carbons (Fsp3) is 0.708. The van der Waals surface area contributed by atoms with Gasteiger partial charge in [0.15, 0.2) is 0 Å². The van der Waals surface area contributed by atoms with Crippen molar-refractivity contribution < 1.29 is 14.3 Å². The molecule has 0 unspecified atom stereocenters. The second kappa shape index (κ2) is 8.65. The molecule has 5 nitrogen and oxygen atoms in total. The van der Waals surface area contributed by atoms with Crippen molar-refractivity contribution in [2.24, 2.45) is 5.92 Å². The molecule has 5 rings (SSSR count). The third-order valence-electron chi connectivity index (χ3n) is 7.44. The largest absolute Gasteiger partial charge is 0.489 e. The molecule has 1 amide bonds. The molecular formula is C24H34N2O3. The second-order valence-electron chi connectivity index (χ2n) is 9.25. The number of carbonyl (C=O) groups excluding carboxylic acids is 1. The first-order valence-electron chi connectivity index (χ1n) is 11.7. The molecule has 4 aliphatic rings. The van der Waals surface area contributed by atoms with Crippen LogP contribution in [0.15, 0.2) is 18.2 Å². The Morgan fingerprint density at radius 3 is 2.52 bits per heavy atom. The van der Waals surface area contributed by atoms with Crippen LogP contribution in [0.5, 0.6) is 5.75 Å². The van der Waals surface area contributed by atoms with E-state index in [1.165, 1.54) is 43.5 Å². The van der Waals surface area contributed by atoms with Crippen molar-refractivity contribution in [3.63, 3.8) is 0 Å². The number of nitrogens with zero attached hydrogens (tertiary/aromatic N) is 2. The molecule has 1 aromatic carbocycles. The Morgan fingerprint density at radius 1 is 0.966 bits per heavy atom. The Balaban J connectivity index is 1.17. The normalized spacial score (nSPS) is 26.6. The van der Waals surface area contributed by atoms with Crippen LogP contribution >= 0.6 is 0 Å². The van der Waals surface area contributed by atoms with Gasteiger partial charge in [-0.25, -0.2) is 0 Å². The van der Waals surface area contributed by atoms with Crippen molar-refractivity contribution >= 4 is 5.91 Å². The zero-order valence-corrected chi connectivity index (χ0v) is 17.5. The van der Waals surface area contributed by atoms with E-state index in [-0.39, 0.29) is 12.0 Å². The molecule has 3 heterocycles. The summed E-state index contributed by atoms with van der Waals surface area (Å²) in [5.74, 6) is 1.43. The molecule has 5 heteroatoms. The summed E-state index contributed by atoms with van der Waals surface area (Å²) in [6.45, 7) is 5.36. The molecule has 1 aromatic rings. The van der Waals surface area contributed by atoms with Gasteiger partial charge in [0.1, 0.15) is 11.9 Å². The Bertz CT molecular complexity index is 727. The van der Waals surface area contributed by atoms with Gasteiger partial charge in [0.2, 0.25) is 5.91 Å². The van der Waals surface area contributed by atoms with Gasteiger partial charge in [0, 0.05) is 51.2 Å². The van der Waals surface area contributed by atoms with Crippen LogP contribution in [0.2, 0.25) is 0 Å². The zero-order valence-electron chi connectivity index (χ0n) is 17.5. The Hall–Kier alpha value is -1.59. The third kappa shape index (κ3) is 4.31. The fourth-order valence-electron chi connectivity index (χ4n) is 5.33. The summed E-state index contributed by atoms with van der Waals surface area (Å²) in [5, 5.41) is 0. The van der Waals surface area contributed by atoms with E-state index in [4.69, 9.17) is 9.47 Å². The van der Waals surface area contributed by atoms with Gasteiger partial charge in [-0.3, -0.25) is 9.69 Å². The summed E-state index contributed by atoms with van der Waals surface area (Å²) in [5.41, 5.74) is 2.94. The molecule has 1 aliphatic carbocycles. The summed E-state index contributed by atoms with van der Waals surface area (Å²) in [6, 6.07) is 7.51. The van der Waals surface area contributed by atoms with Crippen molar-refractivity contribution in [3.8, 4) is 5.75 Å². The number of amides is 1. The van der Waals surface area contributed by atoms with Crippen molar-refractivity contribution in [2.75, 3.05) is 39.4 Å². The lowest BCUT2D eigenvalue weighted by Crippen LogP contribution is -2.41. The standard InChI is InChI=1S/C24H34N2O3/c27-24(19-9-14-28-15-10-19)26-13-8-23(17-26)29-22-5-4-18-6-11-25(21-2-1-3-21)12-7-20(18)16-22/h4-5,16,19,21,23H,1-3,6-15,17H2/t23-/m1/s1. The first kappa shape index (κ1) is 19.4. The van der Waals surface area contributed by atoms with Gasteiger partial charge in [0.25, 0.3) is 0 Å². The van der Waals surface area contributed by atoms with Crippen molar-refractivity contribution in [1.29, 1.82) is 0 Å². The third-order valence-corrected chi connectivity index (χ3v) is 7.44. The van der Waals surface area contributed by atoms with E-state index in [1.807, 2.05) is 4.90 Å². The van der Waals surface area contributed by atoms with E-state index >= 15 is 0 Å². The first-order valence-corrected chi connectivity index (χ1v) is 11.7. The molecule has 1 saturated carbocycles. The SMILES string of the molecule is O=C(C1CCOCC1)N1CC[C@@H](Oc2ccc3c(c2)CCN(C2CCC2)CC3)C1. The first-order chi connectivity index (χ1) is 14.3.